The Labute approximate surface area is 112 Å². The molecule has 7 heteroatoms. The highest BCUT2D eigenvalue weighted by atomic mass is 32.2. The van der Waals surface area contributed by atoms with Crippen LogP contribution in [0.5, 0.6) is 0 Å². The minimum Gasteiger partial charge on any atom is -0.469 e. The third-order valence-corrected chi connectivity index (χ3v) is 3.23. The Hall–Kier alpha value is -1.44. The van der Waals surface area contributed by atoms with Crippen LogP contribution in [-0.2, 0) is 30.4 Å². The first-order valence-electron chi connectivity index (χ1n) is 5.66. The molecular weight excluding hydrogens is 270 g/mol. The summed E-state index contributed by atoms with van der Waals surface area (Å²) in [6.45, 7) is 1.47. The number of ether oxygens (including phenoxy) is 1. The number of carbonyl (C=O) groups excluding carboxylic acids is 1. The molecule has 0 saturated carbocycles. The Morgan fingerprint density at radius 3 is 2.37 bits per heavy atom. The molecule has 0 heterocycles. The minimum atomic E-state index is -4.11. The summed E-state index contributed by atoms with van der Waals surface area (Å²) in [5.74, 6) is -1.29. The number of hydrogen-bond donors (Lipinski definition) is 1. The summed E-state index contributed by atoms with van der Waals surface area (Å²) in [4.78, 5) is 11.7. The van der Waals surface area contributed by atoms with Gasteiger partial charge in [0.15, 0.2) is 0 Å². The molecule has 1 rings (SSSR count). The molecule has 0 spiro atoms. The number of benzene rings is 1. The zero-order valence-electron chi connectivity index (χ0n) is 10.8. The van der Waals surface area contributed by atoms with Gasteiger partial charge in [-0.05, 0) is 18.9 Å². The van der Waals surface area contributed by atoms with Crippen LogP contribution in [0.1, 0.15) is 12.5 Å². The SMILES string of the molecule is COC(=O)[C@H](Cc1ccccc1)[C@@H](C)OS(N)(=O)=O. The molecule has 0 aliphatic rings. The fourth-order valence-corrected chi connectivity index (χ4v) is 2.30. The second kappa shape index (κ2) is 6.65. The lowest BCUT2D eigenvalue weighted by molar-refractivity contribution is -0.148. The third kappa shape index (κ3) is 5.37. The molecule has 0 fully saturated rings. The summed E-state index contributed by atoms with van der Waals surface area (Å²) in [5.41, 5.74) is 0.878. The molecule has 0 unspecified atom stereocenters. The molecule has 19 heavy (non-hydrogen) atoms. The first-order valence-corrected chi connectivity index (χ1v) is 7.13. The second-order valence-corrected chi connectivity index (χ2v) is 5.29. The zero-order valence-corrected chi connectivity index (χ0v) is 11.6. The molecular formula is C12H17NO5S. The van der Waals surface area contributed by atoms with E-state index < -0.39 is 28.3 Å². The predicted molar refractivity (Wildman–Crippen MR) is 69.3 cm³/mol. The van der Waals surface area contributed by atoms with E-state index in [1.54, 1.807) is 0 Å². The minimum absolute atomic E-state index is 0.310. The van der Waals surface area contributed by atoms with Gasteiger partial charge in [0, 0.05) is 0 Å². The summed E-state index contributed by atoms with van der Waals surface area (Å²) >= 11 is 0. The van der Waals surface area contributed by atoms with Crippen molar-refractivity contribution in [1.82, 2.24) is 0 Å². The maximum absolute atomic E-state index is 11.7. The average molecular weight is 287 g/mol. The topological polar surface area (TPSA) is 95.7 Å². The Kier molecular flexibility index (Phi) is 5.46. The maximum atomic E-state index is 11.7. The summed E-state index contributed by atoms with van der Waals surface area (Å²) in [6, 6.07) is 9.17. The van der Waals surface area contributed by atoms with Crippen LogP contribution in [0.15, 0.2) is 30.3 Å². The molecule has 0 aromatic heterocycles. The first kappa shape index (κ1) is 15.6. The van der Waals surface area contributed by atoms with Gasteiger partial charge in [0.2, 0.25) is 0 Å². The van der Waals surface area contributed by atoms with Crippen LogP contribution in [0, 0.1) is 5.92 Å². The zero-order chi connectivity index (χ0) is 14.5. The lowest BCUT2D eigenvalue weighted by atomic mass is 9.95. The van der Waals surface area contributed by atoms with Crippen LogP contribution < -0.4 is 5.14 Å². The Morgan fingerprint density at radius 1 is 1.32 bits per heavy atom. The van der Waals surface area contributed by atoms with Crippen molar-refractivity contribution < 1.29 is 22.1 Å². The Balaban J connectivity index is 2.86. The number of carbonyl (C=O) groups is 1. The number of nitrogens with two attached hydrogens (primary N) is 1. The van der Waals surface area contributed by atoms with Crippen LogP contribution in [0.4, 0.5) is 0 Å². The van der Waals surface area contributed by atoms with Gasteiger partial charge in [0.25, 0.3) is 0 Å². The third-order valence-electron chi connectivity index (χ3n) is 2.65. The van der Waals surface area contributed by atoms with Gasteiger partial charge < -0.3 is 4.74 Å². The van der Waals surface area contributed by atoms with Crippen molar-refractivity contribution in [1.29, 1.82) is 0 Å². The summed E-state index contributed by atoms with van der Waals surface area (Å²) < 4.78 is 31.1. The van der Waals surface area contributed by atoms with Gasteiger partial charge >= 0.3 is 16.3 Å². The van der Waals surface area contributed by atoms with Crippen molar-refractivity contribution in [2.75, 3.05) is 7.11 Å². The molecule has 0 bridgehead atoms. The number of hydrogen-bond acceptors (Lipinski definition) is 5. The van der Waals surface area contributed by atoms with Gasteiger partial charge in [-0.1, -0.05) is 30.3 Å². The van der Waals surface area contributed by atoms with Crippen LogP contribution in [-0.4, -0.2) is 27.6 Å². The quantitative estimate of drug-likeness (QED) is 0.774. The molecule has 6 nitrogen and oxygen atoms in total. The second-order valence-electron chi connectivity index (χ2n) is 4.11. The summed E-state index contributed by atoms with van der Waals surface area (Å²) in [7, 11) is -2.87. The molecule has 0 aliphatic carbocycles. The molecule has 1 aromatic carbocycles. The van der Waals surface area contributed by atoms with Gasteiger partial charge in [0.1, 0.15) is 0 Å². The number of esters is 1. The fraction of sp³-hybridized carbons (Fsp3) is 0.417. The average Bonchev–Trinajstić information content (AvgIpc) is 2.34. The Bertz CT molecular complexity index is 514. The number of methoxy groups -OCH3 is 1. The van der Waals surface area contributed by atoms with Crippen molar-refractivity contribution >= 4 is 16.3 Å². The van der Waals surface area contributed by atoms with Crippen LogP contribution in [0.3, 0.4) is 0 Å². The lowest BCUT2D eigenvalue weighted by Crippen LogP contribution is -2.34. The monoisotopic (exact) mass is 287 g/mol. The lowest BCUT2D eigenvalue weighted by Gasteiger charge is -2.20. The van der Waals surface area contributed by atoms with Crippen LogP contribution in [0.25, 0.3) is 0 Å². The normalized spacial score (nSPS) is 14.7. The van der Waals surface area contributed by atoms with Crippen molar-refractivity contribution in [2.45, 2.75) is 19.4 Å². The highest BCUT2D eigenvalue weighted by Gasteiger charge is 2.29. The van der Waals surface area contributed by atoms with E-state index >= 15 is 0 Å². The van der Waals surface area contributed by atoms with E-state index in [4.69, 9.17) is 5.14 Å². The van der Waals surface area contributed by atoms with E-state index in [2.05, 4.69) is 8.92 Å². The summed E-state index contributed by atoms with van der Waals surface area (Å²) in [5, 5.41) is 4.81. The maximum Gasteiger partial charge on any atom is 0.333 e. The van der Waals surface area contributed by atoms with Gasteiger partial charge in [-0.3, -0.25) is 8.98 Å². The van der Waals surface area contributed by atoms with Gasteiger partial charge in [-0.2, -0.15) is 8.42 Å². The van der Waals surface area contributed by atoms with E-state index in [1.807, 2.05) is 30.3 Å². The van der Waals surface area contributed by atoms with E-state index in [1.165, 1.54) is 14.0 Å². The molecule has 106 valence electrons. The molecule has 2 atom stereocenters. The smallest absolute Gasteiger partial charge is 0.333 e. The number of rotatable bonds is 6. The molecule has 0 saturated heterocycles. The van der Waals surface area contributed by atoms with Gasteiger partial charge in [-0.15, -0.1) is 0 Å². The van der Waals surface area contributed by atoms with Crippen molar-refractivity contribution in [3.63, 3.8) is 0 Å². The molecule has 0 radical (unpaired) electrons. The molecule has 2 N–H and O–H groups in total. The molecule has 1 aromatic rings. The van der Waals surface area contributed by atoms with Crippen molar-refractivity contribution in [2.24, 2.45) is 11.1 Å². The predicted octanol–water partition coefficient (Wildman–Crippen LogP) is 0.627. The van der Waals surface area contributed by atoms with E-state index in [9.17, 15) is 13.2 Å². The van der Waals surface area contributed by atoms with E-state index in [0.29, 0.717) is 6.42 Å². The Morgan fingerprint density at radius 2 is 1.89 bits per heavy atom. The largest absolute Gasteiger partial charge is 0.469 e. The van der Waals surface area contributed by atoms with Gasteiger partial charge in [0.05, 0.1) is 19.1 Å². The highest BCUT2D eigenvalue weighted by Crippen LogP contribution is 2.17. The van der Waals surface area contributed by atoms with Crippen LogP contribution in [0.2, 0.25) is 0 Å². The van der Waals surface area contributed by atoms with Crippen LogP contribution >= 0.6 is 0 Å². The summed E-state index contributed by atoms with van der Waals surface area (Å²) in [6.07, 6.45) is -0.591. The van der Waals surface area contributed by atoms with Crippen molar-refractivity contribution in [3.05, 3.63) is 35.9 Å². The standard InChI is InChI=1S/C12H17NO5S/c1-9(18-19(13,15)16)11(12(14)17-2)8-10-6-4-3-5-7-10/h3-7,9,11H,8H2,1-2H3,(H2,13,15,16)/t9-,11-/m1/s1. The van der Waals surface area contributed by atoms with E-state index in [0.717, 1.165) is 5.56 Å². The first-order chi connectivity index (χ1) is 8.83. The molecule has 0 aliphatic heterocycles. The highest BCUT2D eigenvalue weighted by molar-refractivity contribution is 7.84. The van der Waals surface area contributed by atoms with Gasteiger partial charge in [-0.25, -0.2) is 5.14 Å². The fourth-order valence-electron chi connectivity index (χ4n) is 1.74. The van der Waals surface area contributed by atoms with E-state index in [-0.39, 0.29) is 0 Å². The molecule has 0 amide bonds. The van der Waals surface area contributed by atoms with Crippen molar-refractivity contribution in [3.8, 4) is 0 Å².